The van der Waals surface area contributed by atoms with E-state index in [-0.39, 0.29) is 5.56 Å². The minimum absolute atomic E-state index is 0.0621. The van der Waals surface area contributed by atoms with Crippen LogP contribution in [0.4, 0.5) is 0 Å². The predicted molar refractivity (Wildman–Crippen MR) is 142 cm³/mol. The van der Waals surface area contributed by atoms with Crippen LogP contribution in [0.1, 0.15) is 18.1 Å². The largest absolute Gasteiger partial charge is 0.490 e. The standard InChI is InChI=1S/C29H22N2O3S/c1-2-33-26-16-19(17-27-28(32)31-24-13-6-5-12-23(24)30-29(31)35-27)14-15-25(26)34-18-21-10-7-9-20-8-3-4-11-22(20)21/h3-17H,2,18H2,1H3. The number of ether oxygens (including phenoxy) is 2. The molecule has 0 atom stereocenters. The van der Waals surface area contributed by atoms with Gasteiger partial charge in [-0.15, -0.1) is 0 Å². The zero-order chi connectivity index (χ0) is 23.8. The van der Waals surface area contributed by atoms with Crippen LogP contribution in [0.25, 0.3) is 32.8 Å². The van der Waals surface area contributed by atoms with Crippen LogP contribution >= 0.6 is 11.3 Å². The lowest BCUT2D eigenvalue weighted by molar-refractivity contribution is 0.270. The van der Waals surface area contributed by atoms with Crippen molar-refractivity contribution in [3.8, 4) is 11.5 Å². The number of thiazole rings is 1. The highest BCUT2D eigenvalue weighted by Gasteiger charge is 2.12. The molecule has 172 valence electrons. The quantitative estimate of drug-likeness (QED) is 0.313. The van der Waals surface area contributed by atoms with E-state index in [1.807, 2.05) is 73.7 Å². The fraction of sp³-hybridized carbons (Fsp3) is 0.103. The average Bonchev–Trinajstić information content (AvgIpc) is 3.39. The Bertz CT molecular complexity index is 1800. The van der Waals surface area contributed by atoms with Gasteiger partial charge in [-0.2, -0.15) is 0 Å². The van der Waals surface area contributed by atoms with Crippen molar-refractivity contribution in [1.82, 2.24) is 9.38 Å². The first-order chi connectivity index (χ1) is 17.2. The number of rotatable bonds is 6. The van der Waals surface area contributed by atoms with Gasteiger partial charge in [0.05, 0.1) is 22.2 Å². The summed E-state index contributed by atoms with van der Waals surface area (Å²) in [5.41, 5.74) is 3.58. The topological polar surface area (TPSA) is 52.8 Å². The SMILES string of the molecule is CCOc1cc(C=c2sc3nc4ccccc4n3c2=O)ccc1OCc1cccc2ccccc12. The van der Waals surface area contributed by atoms with E-state index in [1.54, 1.807) is 4.40 Å². The lowest BCUT2D eigenvalue weighted by Gasteiger charge is -2.13. The highest BCUT2D eigenvalue weighted by Crippen LogP contribution is 2.30. The number of nitrogens with zero attached hydrogens (tertiary/aromatic N) is 2. The van der Waals surface area contributed by atoms with E-state index in [4.69, 9.17) is 9.47 Å². The lowest BCUT2D eigenvalue weighted by Crippen LogP contribution is -2.22. The van der Waals surface area contributed by atoms with Gasteiger partial charge < -0.3 is 9.47 Å². The van der Waals surface area contributed by atoms with Crippen LogP contribution in [0.2, 0.25) is 0 Å². The van der Waals surface area contributed by atoms with Gasteiger partial charge in [0.25, 0.3) is 5.56 Å². The first-order valence-corrected chi connectivity index (χ1v) is 12.3. The van der Waals surface area contributed by atoms with Crippen molar-refractivity contribution in [3.63, 3.8) is 0 Å². The molecule has 0 unspecified atom stereocenters. The molecule has 0 spiro atoms. The smallest absolute Gasteiger partial charge is 0.274 e. The number of para-hydroxylation sites is 2. The van der Waals surface area contributed by atoms with Crippen LogP contribution in [-0.4, -0.2) is 16.0 Å². The maximum atomic E-state index is 13.1. The second-order valence-corrected chi connectivity index (χ2v) is 9.21. The highest BCUT2D eigenvalue weighted by atomic mass is 32.1. The Balaban J connectivity index is 1.34. The fourth-order valence-corrected chi connectivity index (χ4v) is 5.33. The maximum absolute atomic E-state index is 13.1. The minimum atomic E-state index is -0.0621. The van der Waals surface area contributed by atoms with Crippen LogP contribution in [0.3, 0.4) is 0 Å². The molecule has 0 aliphatic carbocycles. The van der Waals surface area contributed by atoms with Gasteiger partial charge in [-0.05, 0) is 59.2 Å². The van der Waals surface area contributed by atoms with Crippen LogP contribution in [0, 0.1) is 0 Å². The van der Waals surface area contributed by atoms with E-state index < -0.39 is 0 Å². The van der Waals surface area contributed by atoms with Gasteiger partial charge in [-0.1, -0.05) is 72.0 Å². The first kappa shape index (κ1) is 21.4. The van der Waals surface area contributed by atoms with E-state index in [2.05, 4.69) is 29.2 Å². The summed E-state index contributed by atoms with van der Waals surface area (Å²) in [5, 5.41) is 2.36. The Morgan fingerprint density at radius 2 is 1.74 bits per heavy atom. The first-order valence-electron chi connectivity index (χ1n) is 11.5. The van der Waals surface area contributed by atoms with Gasteiger partial charge in [-0.3, -0.25) is 4.79 Å². The van der Waals surface area contributed by atoms with E-state index in [0.717, 1.165) is 22.2 Å². The van der Waals surface area contributed by atoms with Crippen molar-refractivity contribution >= 4 is 44.2 Å². The molecule has 6 aromatic rings. The number of hydrogen-bond acceptors (Lipinski definition) is 5. The Morgan fingerprint density at radius 3 is 2.66 bits per heavy atom. The van der Waals surface area contributed by atoms with Gasteiger partial charge >= 0.3 is 0 Å². The summed E-state index contributed by atoms with van der Waals surface area (Å²) >= 11 is 1.39. The molecule has 0 bridgehead atoms. The van der Waals surface area contributed by atoms with Gasteiger partial charge in [0.1, 0.15) is 6.61 Å². The summed E-state index contributed by atoms with van der Waals surface area (Å²) in [6, 6.07) is 28.0. The number of benzene rings is 4. The number of imidazole rings is 1. The van der Waals surface area contributed by atoms with Crippen molar-refractivity contribution in [2.45, 2.75) is 13.5 Å². The minimum Gasteiger partial charge on any atom is -0.490 e. The summed E-state index contributed by atoms with van der Waals surface area (Å²) in [5.74, 6) is 1.33. The molecular weight excluding hydrogens is 456 g/mol. The van der Waals surface area contributed by atoms with Crippen molar-refractivity contribution in [2.24, 2.45) is 0 Å². The second-order valence-electron chi connectivity index (χ2n) is 8.20. The Morgan fingerprint density at radius 1 is 0.914 bits per heavy atom. The summed E-state index contributed by atoms with van der Waals surface area (Å²) < 4.78 is 14.4. The van der Waals surface area contributed by atoms with Crippen molar-refractivity contribution in [3.05, 3.63) is 111 Å². The molecule has 0 aliphatic heterocycles. The number of hydrogen-bond donors (Lipinski definition) is 0. The molecule has 2 heterocycles. The van der Waals surface area contributed by atoms with Gasteiger partial charge in [0, 0.05) is 0 Å². The highest BCUT2D eigenvalue weighted by molar-refractivity contribution is 7.15. The molecule has 0 saturated carbocycles. The van der Waals surface area contributed by atoms with Gasteiger partial charge in [0.2, 0.25) is 0 Å². The average molecular weight is 479 g/mol. The Kier molecular flexibility index (Phi) is 5.43. The third-order valence-corrected chi connectivity index (χ3v) is 6.94. The molecule has 35 heavy (non-hydrogen) atoms. The van der Waals surface area contributed by atoms with Crippen LogP contribution in [0.5, 0.6) is 11.5 Å². The zero-order valence-corrected chi connectivity index (χ0v) is 19.9. The third-order valence-electron chi connectivity index (χ3n) is 5.97. The molecule has 0 N–H and O–H groups in total. The fourth-order valence-electron chi connectivity index (χ4n) is 4.34. The summed E-state index contributed by atoms with van der Waals surface area (Å²) in [6.07, 6.45) is 1.88. The normalized spacial score (nSPS) is 12.1. The Labute approximate surface area is 205 Å². The molecule has 6 rings (SSSR count). The molecule has 2 aromatic heterocycles. The summed E-state index contributed by atoms with van der Waals surface area (Å²) in [7, 11) is 0. The molecule has 0 amide bonds. The number of aromatic nitrogens is 2. The van der Waals surface area contributed by atoms with Crippen LogP contribution in [-0.2, 0) is 6.61 Å². The summed E-state index contributed by atoms with van der Waals surface area (Å²) in [6.45, 7) is 2.89. The maximum Gasteiger partial charge on any atom is 0.274 e. The molecule has 0 radical (unpaired) electrons. The molecular formula is C29H22N2O3S. The molecule has 4 aromatic carbocycles. The van der Waals surface area contributed by atoms with Gasteiger partial charge in [-0.25, -0.2) is 9.38 Å². The van der Waals surface area contributed by atoms with Crippen molar-refractivity contribution in [1.29, 1.82) is 0 Å². The third kappa shape index (κ3) is 3.92. The van der Waals surface area contributed by atoms with Crippen LogP contribution in [0.15, 0.2) is 89.7 Å². The summed E-state index contributed by atoms with van der Waals surface area (Å²) in [4.78, 5) is 18.4. The molecule has 0 aliphatic rings. The number of fused-ring (bicyclic) bond motifs is 4. The van der Waals surface area contributed by atoms with E-state index >= 15 is 0 Å². The monoisotopic (exact) mass is 478 g/mol. The predicted octanol–water partition coefficient (Wildman–Crippen LogP) is 5.59. The van der Waals surface area contributed by atoms with Crippen molar-refractivity contribution < 1.29 is 9.47 Å². The zero-order valence-electron chi connectivity index (χ0n) is 19.1. The molecule has 0 fully saturated rings. The molecule has 5 nitrogen and oxygen atoms in total. The van der Waals surface area contributed by atoms with Crippen molar-refractivity contribution in [2.75, 3.05) is 6.61 Å². The molecule has 0 saturated heterocycles. The second kappa shape index (κ2) is 8.89. The van der Waals surface area contributed by atoms with E-state index in [0.29, 0.717) is 34.2 Å². The lowest BCUT2D eigenvalue weighted by atomic mass is 10.1. The van der Waals surface area contributed by atoms with E-state index in [1.165, 1.54) is 22.1 Å². The molecule has 6 heteroatoms. The Hall–Kier alpha value is -4.16. The van der Waals surface area contributed by atoms with E-state index in [9.17, 15) is 4.79 Å². The van der Waals surface area contributed by atoms with Gasteiger partial charge in [0.15, 0.2) is 16.5 Å². The van der Waals surface area contributed by atoms with Crippen LogP contribution < -0.4 is 19.6 Å².